The minimum absolute atomic E-state index is 0.0135. The number of morpholine rings is 1. The van der Waals surface area contributed by atoms with Gasteiger partial charge in [-0.05, 0) is 32.0 Å². The normalized spacial score (nSPS) is 18.8. The van der Waals surface area contributed by atoms with E-state index < -0.39 is 0 Å². The first-order chi connectivity index (χ1) is 17.5. The number of aromatic nitrogens is 2. The number of thioether (sulfide) groups is 1. The predicted molar refractivity (Wildman–Crippen MR) is 142 cm³/mol. The first kappa shape index (κ1) is 26.7. The molecule has 194 valence electrons. The van der Waals surface area contributed by atoms with Crippen molar-refractivity contribution in [3.05, 3.63) is 47.1 Å². The maximum absolute atomic E-state index is 12.9. The highest BCUT2D eigenvalue weighted by Gasteiger charge is 2.29. The van der Waals surface area contributed by atoms with Crippen molar-refractivity contribution < 1.29 is 14.3 Å². The van der Waals surface area contributed by atoms with Gasteiger partial charge in [0.15, 0.2) is 5.16 Å². The summed E-state index contributed by atoms with van der Waals surface area (Å²) in [6.45, 7) is 8.98. The van der Waals surface area contributed by atoms with Crippen molar-refractivity contribution in [2.24, 2.45) is 0 Å². The van der Waals surface area contributed by atoms with Crippen LogP contribution in [-0.2, 0) is 9.53 Å². The molecule has 0 radical (unpaired) electrons. The third-order valence-corrected chi connectivity index (χ3v) is 7.34. The van der Waals surface area contributed by atoms with Gasteiger partial charge in [-0.3, -0.25) is 14.5 Å². The molecule has 2 saturated heterocycles. The Labute approximate surface area is 221 Å². The van der Waals surface area contributed by atoms with Gasteiger partial charge in [-0.2, -0.15) is 0 Å². The second-order valence-electron chi connectivity index (χ2n) is 8.94. The molecular formula is C25H33ClN6O3S. The Hall–Kier alpha value is -2.40. The highest BCUT2D eigenvalue weighted by molar-refractivity contribution is 7.99. The molecule has 1 N–H and O–H groups in total. The fraction of sp³-hybridized carbons (Fsp3) is 0.520. The molecule has 3 heterocycles. The molecule has 36 heavy (non-hydrogen) atoms. The van der Waals surface area contributed by atoms with Crippen LogP contribution in [0.15, 0.2) is 41.6 Å². The average molecular weight is 533 g/mol. The predicted octanol–water partition coefficient (Wildman–Crippen LogP) is 2.41. The van der Waals surface area contributed by atoms with E-state index in [4.69, 9.17) is 16.3 Å². The molecule has 9 nitrogen and oxygen atoms in total. The Kier molecular flexibility index (Phi) is 9.80. The quantitative estimate of drug-likeness (QED) is 0.228. The first-order valence-electron chi connectivity index (χ1n) is 12.3. The van der Waals surface area contributed by atoms with E-state index in [9.17, 15) is 9.59 Å². The summed E-state index contributed by atoms with van der Waals surface area (Å²) in [5.41, 5.74) is 0.695. The van der Waals surface area contributed by atoms with Gasteiger partial charge in [0.2, 0.25) is 5.91 Å². The van der Waals surface area contributed by atoms with Crippen molar-refractivity contribution in [2.45, 2.75) is 24.5 Å². The third kappa shape index (κ3) is 7.55. The number of piperazine rings is 1. The van der Waals surface area contributed by atoms with Crippen LogP contribution in [-0.4, -0.2) is 102 Å². The molecule has 2 amide bonds. The van der Waals surface area contributed by atoms with E-state index in [-0.39, 0.29) is 23.6 Å². The molecule has 2 aliphatic rings. The molecule has 1 unspecified atom stereocenters. The van der Waals surface area contributed by atoms with Crippen molar-refractivity contribution in [1.29, 1.82) is 0 Å². The fourth-order valence-electron chi connectivity index (χ4n) is 4.36. The van der Waals surface area contributed by atoms with Crippen molar-refractivity contribution >= 4 is 41.0 Å². The van der Waals surface area contributed by atoms with Gasteiger partial charge in [0.05, 0.1) is 19.0 Å². The SMILES string of the molecule is CC1CN(c2cc(Cl)nc(SCC(=O)NCCCN3CCOCC3)n2)CCN1C(=O)c1ccccc1. The third-order valence-electron chi connectivity index (χ3n) is 6.30. The van der Waals surface area contributed by atoms with Crippen LogP contribution in [0.2, 0.25) is 5.15 Å². The number of benzene rings is 1. The van der Waals surface area contributed by atoms with Gasteiger partial charge in [-0.1, -0.05) is 41.6 Å². The molecule has 0 spiro atoms. The molecule has 1 aromatic carbocycles. The number of nitrogens with one attached hydrogen (secondary N) is 1. The van der Waals surface area contributed by atoms with E-state index in [1.807, 2.05) is 42.2 Å². The Morgan fingerprint density at radius 2 is 1.92 bits per heavy atom. The van der Waals surface area contributed by atoms with E-state index >= 15 is 0 Å². The monoisotopic (exact) mass is 532 g/mol. The van der Waals surface area contributed by atoms with E-state index in [0.717, 1.165) is 39.3 Å². The number of halogens is 1. The number of anilines is 1. The summed E-state index contributed by atoms with van der Waals surface area (Å²) < 4.78 is 5.36. The van der Waals surface area contributed by atoms with Gasteiger partial charge in [-0.15, -0.1) is 0 Å². The van der Waals surface area contributed by atoms with Crippen molar-refractivity contribution in [3.63, 3.8) is 0 Å². The van der Waals surface area contributed by atoms with Crippen LogP contribution in [0.4, 0.5) is 5.82 Å². The van der Waals surface area contributed by atoms with Gasteiger partial charge in [0, 0.05) is 56.9 Å². The zero-order chi connectivity index (χ0) is 25.3. The van der Waals surface area contributed by atoms with Gasteiger partial charge >= 0.3 is 0 Å². The summed E-state index contributed by atoms with van der Waals surface area (Å²) in [5, 5.41) is 3.77. The molecular weight excluding hydrogens is 500 g/mol. The number of amides is 2. The lowest BCUT2D eigenvalue weighted by atomic mass is 10.1. The van der Waals surface area contributed by atoms with Gasteiger partial charge in [0.1, 0.15) is 11.0 Å². The standard InChI is InChI=1S/C25H33ClN6O3S/c1-19-17-31(10-11-32(19)24(34)20-6-3-2-4-7-20)22-16-21(26)28-25(29-22)36-18-23(33)27-8-5-9-30-12-14-35-15-13-30/h2-4,6-7,16,19H,5,8-15,17-18H2,1H3,(H,27,33). The van der Waals surface area contributed by atoms with E-state index in [0.29, 0.717) is 47.9 Å². The zero-order valence-electron chi connectivity index (χ0n) is 20.6. The van der Waals surface area contributed by atoms with Crippen molar-refractivity contribution in [3.8, 4) is 0 Å². The number of nitrogens with zero attached hydrogens (tertiary/aromatic N) is 5. The smallest absolute Gasteiger partial charge is 0.254 e. The molecule has 2 aromatic rings. The number of hydrogen-bond donors (Lipinski definition) is 1. The molecule has 2 fully saturated rings. The van der Waals surface area contributed by atoms with Crippen LogP contribution in [0.5, 0.6) is 0 Å². The first-order valence-corrected chi connectivity index (χ1v) is 13.7. The fourth-order valence-corrected chi connectivity index (χ4v) is 5.27. The zero-order valence-corrected chi connectivity index (χ0v) is 22.1. The van der Waals surface area contributed by atoms with Crippen LogP contribution < -0.4 is 10.2 Å². The van der Waals surface area contributed by atoms with Crippen LogP contribution in [0, 0.1) is 0 Å². The Balaban J connectivity index is 1.24. The molecule has 4 rings (SSSR count). The van der Waals surface area contributed by atoms with Crippen LogP contribution in [0.25, 0.3) is 0 Å². The highest BCUT2D eigenvalue weighted by Crippen LogP contribution is 2.24. The molecule has 0 saturated carbocycles. The molecule has 0 bridgehead atoms. The lowest BCUT2D eigenvalue weighted by molar-refractivity contribution is -0.118. The second-order valence-corrected chi connectivity index (χ2v) is 10.3. The largest absolute Gasteiger partial charge is 0.379 e. The molecule has 0 aliphatic carbocycles. The van der Waals surface area contributed by atoms with Crippen molar-refractivity contribution in [1.82, 2.24) is 25.1 Å². The molecule has 2 aliphatic heterocycles. The second kappa shape index (κ2) is 13.2. The number of carbonyl (C=O) groups excluding carboxylic acids is 2. The Morgan fingerprint density at radius 1 is 1.14 bits per heavy atom. The van der Waals surface area contributed by atoms with Crippen LogP contribution in [0.1, 0.15) is 23.7 Å². The summed E-state index contributed by atoms with van der Waals surface area (Å²) in [7, 11) is 0. The minimum atomic E-state index is -0.0474. The topological polar surface area (TPSA) is 90.9 Å². The number of rotatable bonds is 9. The maximum atomic E-state index is 12.9. The summed E-state index contributed by atoms with van der Waals surface area (Å²) in [5.74, 6) is 0.930. The lowest BCUT2D eigenvalue weighted by Gasteiger charge is -2.40. The van der Waals surface area contributed by atoms with Crippen LogP contribution in [0.3, 0.4) is 0 Å². The summed E-state index contributed by atoms with van der Waals surface area (Å²) >= 11 is 7.56. The summed E-state index contributed by atoms with van der Waals surface area (Å²) in [6.07, 6.45) is 0.908. The number of hydrogen-bond acceptors (Lipinski definition) is 8. The molecule has 1 aromatic heterocycles. The maximum Gasteiger partial charge on any atom is 0.254 e. The van der Waals surface area contributed by atoms with Gasteiger partial charge in [0.25, 0.3) is 5.91 Å². The highest BCUT2D eigenvalue weighted by atomic mass is 35.5. The van der Waals surface area contributed by atoms with Crippen molar-refractivity contribution in [2.75, 3.05) is 69.7 Å². The minimum Gasteiger partial charge on any atom is -0.379 e. The Morgan fingerprint density at radius 3 is 2.67 bits per heavy atom. The van der Waals surface area contributed by atoms with E-state index in [2.05, 4.69) is 25.1 Å². The van der Waals surface area contributed by atoms with E-state index in [1.165, 1.54) is 11.8 Å². The number of carbonyl (C=O) groups is 2. The van der Waals surface area contributed by atoms with Gasteiger partial charge in [-0.25, -0.2) is 9.97 Å². The van der Waals surface area contributed by atoms with Gasteiger partial charge < -0.3 is 19.9 Å². The summed E-state index contributed by atoms with van der Waals surface area (Å²) in [4.78, 5) is 40.5. The molecule has 11 heteroatoms. The van der Waals surface area contributed by atoms with E-state index in [1.54, 1.807) is 6.07 Å². The summed E-state index contributed by atoms with van der Waals surface area (Å²) in [6, 6.07) is 11.1. The number of ether oxygens (including phenoxy) is 1. The van der Waals surface area contributed by atoms with Crippen LogP contribution >= 0.6 is 23.4 Å². The average Bonchev–Trinajstić information content (AvgIpc) is 2.90. The lowest BCUT2D eigenvalue weighted by Crippen LogP contribution is -2.54. The Bertz CT molecular complexity index is 1020. The molecule has 1 atom stereocenters.